The molecule has 0 radical (unpaired) electrons. The van der Waals surface area contributed by atoms with Crippen molar-refractivity contribution in [1.82, 2.24) is 5.32 Å². The molecule has 0 fully saturated rings. The highest BCUT2D eigenvalue weighted by molar-refractivity contribution is 6.43. The molecule has 0 bridgehead atoms. The Balaban J connectivity index is 1.49. The second-order valence-electron chi connectivity index (χ2n) is 8.51. The van der Waals surface area contributed by atoms with Crippen molar-refractivity contribution in [3.8, 4) is 5.75 Å². The van der Waals surface area contributed by atoms with E-state index in [4.69, 9.17) is 21.2 Å². The predicted molar refractivity (Wildman–Crippen MR) is 135 cm³/mol. The van der Waals surface area contributed by atoms with E-state index in [0.29, 0.717) is 16.5 Å². The molecule has 1 aliphatic rings. The van der Waals surface area contributed by atoms with Crippen molar-refractivity contribution in [2.45, 2.75) is 30.8 Å². The molecule has 2 atom stereocenters. The maximum absolute atomic E-state index is 13.6. The molecule has 7 nitrogen and oxygen atoms in total. The van der Waals surface area contributed by atoms with Crippen molar-refractivity contribution >= 4 is 30.3 Å². The summed E-state index contributed by atoms with van der Waals surface area (Å²) in [6, 6.07) is 25.8. The summed E-state index contributed by atoms with van der Waals surface area (Å²) < 4.78 is 5.79. The van der Waals surface area contributed by atoms with Crippen molar-refractivity contribution in [3.05, 3.63) is 101 Å². The average molecular weight is 493 g/mol. The van der Waals surface area contributed by atoms with Gasteiger partial charge in [0.25, 0.3) is 5.91 Å². The van der Waals surface area contributed by atoms with Crippen LogP contribution in [0.5, 0.6) is 5.75 Å². The first-order valence-electron chi connectivity index (χ1n) is 11.3. The summed E-state index contributed by atoms with van der Waals surface area (Å²) in [6.07, 6.45) is 0.689. The minimum atomic E-state index is -1.75. The number of nitrogens with one attached hydrogen (secondary N) is 1. The summed E-state index contributed by atoms with van der Waals surface area (Å²) in [7, 11) is -1.75. The molecule has 4 rings (SSSR count). The number of benzene rings is 3. The first kappa shape index (κ1) is 24.8. The first-order chi connectivity index (χ1) is 16.9. The van der Waals surface area contributed by atoms with Gasteiger partial charge in [0.2, 0.25) is 5.60 Å². The lowest BCUT2D eigenvalue weighted by Gasteiger charge is -2.28. The fourth-order valence-electron chi connectivity index (χ4n) is 3.97. The van der Waals surface area contributed by atoms with Crippen LogP contribution in [0.15, 0.2) is 90.1 Å². The largest absolute Gasteiger partial charge is 0.487 e. The van der Waals surface area contributed by atoms with E-state index in [9.17, 15) is 14.8 Å². The predicted octanol–water partition coefficient (Wildman–Crippen LogP) is 3.22. The van der Waals surface area contributed by atoms with Crippen molar-refractivity contribution in [2.75, 3.05) is 6.61 Å². The summed E-state index contributed by atoms with van der Waals surface area (Å²) in [4.78, 5) is 19.3. The Morgan fingerprint density at radius 3 is 2.40 bits per heavy atom. The van der Waals surface area contributed by atoms with Gasteiger partial charge in [0, 0.05) is 17.9 Å². The Labute approximate surface area is 209 Å². The Morgan fingerprint density at radius 2 is 1.74 bits per heavy atom. The van der Waals surface area contributed by atoms with Crippen LogP contribution < -0.4 is 10.1 Å². The zero-order valence-corrected chi connectivity index (χ0v) is 19.8. The minimum Gasteiger partial charge on any atom is -0.487 e. The van der Waals surface area contributed by atoms with E-state index in [2.05, 4.69) is 10.5 Å². The van der Waals surface area contributed by atoms with E-state index in [1.54, 1.807) is 24.3 Å². The number of hydrogen-bond acceptors (Lipinski definition) is 6. The average Bonchev–Trinajstić information content (AvgIpc) is 3.27. The number of hydrogen-bond donors (Lipinski definition) is 3. The van der Waals surface area contributed by atoms with Gasteiger partial charge in [-0.2, -0.15) is 0 Å². The molecular formula is C26H26BClN2O5. The third kappa shape index (κ3) is 6.63. The molecule has 0 saturated carbocycles. The monoisotopic (exact) mass is 492 g/mol. The molecule has 3 N–H and O–H groups in total. The van der Waals surface area contributed by atoms with E-state index in [1.165, 1.54) is 0 Å². The number of halogens is 1. The first-order valence-corrected chi connectivity index (χ1v) is 11.7. The standard InChI is InChI=1S/C26H26BClN2O5/c28-21-12-7-13-23(15-21)34-18-22-17-26(35-30-22,16-20-10-5-2-6-11-20)25(31)29-24(27(32)33)14-19-8-3-1-4-9-19/h1-13,15,24,32-33H,14,16-18H2,(H,29,31). The van der Waals surface area contributed by atoms with Gasteiger partial charge in [0.05, 0.1) is 11.7 Å². The third-order valence-electron chi connectivity index (χ3n) is 5.76. The fraction of sp³-hybridized carbons (Fsp3) is 0.231. The molecule has 0 saturated heterocycles. The molecule has 180 valence electrons. The van der Waals surface area contributed by atoms with Crippen molar-refractivity contribution in [1.29, 1.82) is 0 Å². The molecule has 3 aromatic rings. The van der Waals surface area contributed by atoms with E-state index in [-0.39, 0.29) is 25.9 Å². The molecule has 0 spiro atoms. The Hall–Kier alpha value is -3.33. The number of carbonyl (C=O) groups excluding carboxylic acids is 1. The molecule has 1 heterocycles. The van der Waals surface area contributed by atoms with Gasteiger partial charge in [0.15, 0.2) is 0 Å². The van der Waals surface area contributed by atoms with Gasteiger partial charge in [-0.3, -0.25) is 4.79 Å². The van der Waals surface area contributed by atoms with Crippen LogP contribution in [-0.2, 0) is 22.5 Å². The summed E-state index contributed by atoms with van der Waals surface area (Å²) in [6.45, 7) is 0.125. The summed E-state index contributed by atoms with van der Waals surface area (Å²) in [5.74, 6) is -0.818. The smallest absolute Gasteiger partial charge is 0.475 e. The SMILES string of the molecule is O=C(NC(Cc1ccccc1)B(O)O)C1(Cc2ccccc2)CC(COc2cccc(Cl)c2)=NO1. The number of carbonyl (C=O) groups is 1. The van der Waals surface area contributed by atoms with Gasteiger partial charge in [-0.15, -0.1) is 0 Å². The summed E-state index contributed by atoms with van der Waals surface area (Å²) >= 11 is 6.02. The third-order valence-corrected chi connectivity index (χ3v) is 6.00. The second-order valence-corrected chi connectivity index (χ2v) is 8.95. The van der Waals surface area contributed by atoms with Gasteiger partial charge in [-0.05, 0) is 35.7 Å². The van der Waals surface area contributed by atoms with Gasteiger partial charge < -0.3 is 24.9 Å². The molecule has 0 aromatic heterocycles. The Morgan fingerprint density at radius 1 is 1.06 bits per heavy atom. The maximum Gasteiger partial charge on any atom is 0.475 e. The molecule has 0 aliphatic carbocycles. The van der Waals surface area contributed by atoms with Gasteiger partial charge >= 0.3 is 7.12 Å². The van der Waals surface area contributed by atoms with Crippen LogP contribution in [0.1, 0.15) is 17.5 Å². The highest BCUT2D eigenvalue weighted by Crippen LogP contribution is 2.30. The fourth-order valence-corrected chi connectivity index (χ4v) is 4.15. The van der Waals surface area contributed by atoms with E-state index in [0.717, 1.165) is 11.1 Å². The van der Waals surface area contributed by atoms with E-state index < -0.39 is 24.6 Å². The van der Waals surface area contributed by atoms with E-state index in [1.807, 2.05) is 60.7 Å². The van der Waals surface area contributed by atoms with Crippen LogP contribution in [0, 0.1) is 0 Å². The zero-order valence-electron chi connectivity index (χ0n) is 19.0. The number of ether oxygens (including phenoxy) is 1. The highest BCUT2D eigenvalue weighted by Gasteiger charge is 2.48. The maximum atomic E-state index is 13.6. The number of rotatable bonds is 10. The van der Waals surface area contributed by atoms with Crippen LogP contribution in [0.2, 0.25) is 5.02 Å². The van der Waals surface area contributed by atoms with Gasteiger partial charge in [-0.25, -0.2) is 0 Å². The van der Waals surface area contributed by atoms with Crippen molar-refractivity contribution < 1.29 is 24.4 Å². The van der Waals surface area contributed by atoms with Crippen LogP contribution >= 0.6 is 11.6 Å². The van der Waals surface area contributed by atoms with Gasteiger partial charge in [-0.1, -0.05) is 83.5 Å². The molecule has 1 amide bonds. The lowest BCUT2D eigenvalue weighted by atomic mass is 9.75. The zero-order chi connectivity index (χ0) is 24.7. The van der Waals surface area contributed by atoms with E-state index >= 15 is 0 Å². The lowest BCUT2D eigenvalue weighted by molar-refractivity contribution is -0.144. The summed E-state index contributed by atoms with van der Waals surface area (Å²) in [5.41, 5.74) is 0.958. The summed E-state index contributed by atoms with van der Waals surface area (Å²) in [5, 5.41) is 27.4. The normalized spacial score (nSPS) is 17.7. The quantitative estimate of drug-likeness (QED) is 0.377. The second kappa shape index (κ2) is 11.4. The topological polar surface area (TPSA) is 100 Å². The van der Waals surface area contributed by atoms with Crippen molar-refractivity contribution in [2.24, 2.45) is 5.16 Å². The number of nitrogens with zero attached hydrogens (tertiary/aromatic N) is 1. The molecular weight excluding hydrogens is 467 g/mol. The molecule has 2 unspecified atom stereocenters. The molecule has 35 heavy (non-hydrogen) atoms. The van der Waals surface area contributed by atoms with Crippen LogP contribution in [0.3, 0.4) is 0 Å². The number of amides is 1. The molecule has 9 heteroatoms. The minimum absolute atomic E-state index is 0.125. The van der Waals surface area contributed by atoms with Crippen molar-refractivity contribution in [3.63, 3.8) is 0 Å². The van der Waals surface area contributed by atoms with Crippen LogP contribution in [0.4, 0.5) is 0 Å². The lowest BCUT2D eigenvalue weighted by Crippen LogP contribution is -2.56. The highest BCUT2D eigenvalue weighted by atomic mass is 35.5. The number of oxime groups is 1. The van der Waals surface area contributed by atoms with Gasteiger partial charge in [0.1, 0.15) is 12.4 Å². The molecule has 1 aliphatic heterocycles. The van der Waals surface area contributed by atoms with Crippen LogP contribution in [0.25, 0.3) is 0 Å². The molecule has 3 aromatic carbocycles. The van der Waals surface area contributed by atoms with Crippen LogP contribution in [-0.4, -0.2) is 46.9 Å². The Bertz CT molecular complexity index is 1160. The Kier molecular flexibility index (Phi) is 8.07.